The number of carbonyl (C=O) groups is 2. The van der Waals surface area contributed by atoms with Crippen LogP contribution in [0.5, 0.6) is 0 Å². The monoisotopic (exact) mass is 411 g/mol. The van der Waals surface area contributed by atoms with Gasteiger partial charge < -0.3 is 10.6 Å². The van der Waals surface area contributed by atoms with Crippen LogP contribution in [0, 0.1) is 5.82 Å². The van der Waals surface area contributed by atoms with Crippen LogP contribution < -0.4 is 10.6 Å². The van der Waals surface area contributed by atoms with E-state index in [2.05, 4.69) is 10.6 Å². The van der Waals surface area contributed by atoms with Gasteiger partial charge in [0.15, 0.2) is 0 Å². The van der Waals surface area contributed by atoms with Crippen molar-refractivity contribution < 1.29 is 14.0 Å². The molecule has 0 fully saturated rings. The van der Waals surface area contributed by atoms with Crippen molar-refractivity contribution in [2.45, 2.75) is 13.5 Å². The molecule has 0 radical (unpaired) electrons. The van der Waals surface area contributed by atoms with E-state index in [1.165, 1.54) is 29.1 Å². The molecule has 0 atom stereocenters. The quantitative estimate of drug-likeness (QED) is 0.569. The van der Waals surface area contributed by atoms with Crippen molar-refractivity contribution in [3.63, 3.8) is 0 Å². The SMILES string of the molecule is CCN(CC(=O)Nc1ccccc1C(=O)Nc1ccc(F)cc1)Cc1cccs1. The number of anilines is 2. The normalized spacial score (nSPS) is 10.7. The third kappa shape index (κ3) is 5.97. The summed E-state index contributed by atoms with van der Waals surface area (Å²) in [7, 11) is 0. The predicted octanol–water partition coefficient (Wildman–Crippen LogP) is 4.60. The minimum absolute atomic E-state index is 0.189. The van der Waals surface area contributed by atoms with Gasteiger partial charge in [0.2, 0.25) is 5.91 Å². The number of likely N-dealkylation sites (N-methyl/N-ethyl adjacent to an activating group) is 1. The molecule has 0 bridgehead atoms. The Hall–Kier alpha value is -3.03. The van der Waals surface area contributed by atoms with E-state index in [-0.39, 0.29) is 24.2 Å². The number of hydrogen-bond acceptors (Lipinski definition) is 4. The van der Waals surface area contributed by atoms with E-state index in [0.29, 0.717) is 23.5 Å². The maximum absolute atomic E-state index is 13.0. The third-order valence-corrected chi connectivity index (χ3v) is 5.18. The first-order chi connectivity index (χ1) is 14.0. The number of hydrogen-bond donors (Lipinski definition) is 2. The van der Waals surface area contributed by atoms with E-state index >= 15 is 0 Å². The van der Waals surface area contributed by atoms with Crippen LogP contribution in [-0.2, 0) is 11.3 Å². The molecule has 0 aliphatic rings. The summed E-state index contributed by atoms with van der Waals surface area (Å²) >= 11 is 1.66. The van der Waals surface area contributed by atoms with Gasteiger partial charge in [-0.3, -0.25) is 14.5 Å². The summed E-state index contributed by atoms with van der Waals surface area (Å²) in [5.74, 6) is -0.942. The molecule has 5 nitrogen and oxygen atoms in total. The molecule has 0 aliphatic carbocycles. The Labute approximate surface area is 173 Å². The second-order valence-electron chi connectivity index (χ2n) is 6.44. The highest BCUT2D eigenvalue weighted by molar-refractivity contribution is 7.09. The maximum atomic E-state index is 13.0. The molecular formula is C22H22FN3O2S. The van der Waals surface area contributed by atoms with Crippen molar-refractivity contribution in [3.05, 3.63) is 82.3 Å². The molecule has 29 heavy (non-hydrogen) atoms. The number of para-hydroxylation sites is 1. The summed E-state index contributed by atoms with van der Waals surface area (Å²) in [4.78, 5) is 28.4. The van der Waals surface area contributed by atoms with Crippen LogP contribution in [0.25, 0.3) is 0 Å². The van der Waals surface area contributed by atoms with Crippen LogP contribution in [0.15, 0.2) is 66.0 Å². The lowest BCUT2D eigenvalue weighted by Gasteiger charge is -2.19. The number of nitrogens with one attached hydrogen (secondary N) is 2. The van der Waals surface area contributed by atoms with Gasteiger partial charge in [0.05, 0.1) is 17.8 Å². The lowest BCUT2D eigenvalue weighted by atomic mass is 10.1. The zero-order valence-electron chi connectivity index (χ0n) is 16.0. The Morgan fingerprint density at radius 2 is 1.76 bits per heavy atom. The van der Waals surface area contributed by atoms with E-state index in [4.69, 9.17) is 0 Å². The van der Waals surface area contributed by atoms with Gasteiger partial charge in [-0.25, -0.2) is 4.39 Å². The van der Waals surface area contributed by atoms with Gasteiger partial charge in [-0.2, -0.15) is 0 Å². The van der Waals surface area contributed by atoms with Crippen LogP contribution in [0.3, 0.4) is 0 Å². The molecule has 0 spiro atoms. The van der Waals surface area contributed by atoms with Gasteiger partial charge in [0, 0.05) is 17.1 Å². The number of thiophene rings is 1. The molecule has 2 amide bonds. The molecule has 0 aliphatic heterocycles. The van der Waals surface area contributed by atoms with Gasteiger partial charge >= 0.3 is 0 Å². The van der Waals surface area contributed by atoms with E-state index in [1.54, 1.807) is 35.6 Å². The van der Waals surface area contributed by atoms with E-state index in [1.807, 2.05) is 29.3 Å². The van der Waals surface area contributed by atoms with Crippen molar-refractivity contribution in [3.8, 4) is 0 Å². The standard InChI is InChI=1S/C22H22FN3O2S/c1-2-26(14-18-6-5-13-29-18)15-21(27)25-20-8-4-3-7-19(20)22(28)24-17-11-9-16(23)10-12-17/h3-13H,2,14-15H2,1H3,(H,24,28)(H,25,27). The first-order valence-electron chi connectivity index (χ1n) is 9.25. The minimum Gasteiger partial charge on any atom is -0.324 e. The smallest absolute Gasteiger partial charge is 0.257 e. The molecule has 1 aromatic heterocycles. The Morgan fingerprint density at radius 1 is 1.00 bits per heavy atom. The lowest BCUT2D eigenvalue weighted by Crippen LogP contribution is -2.33. The molecule has 2 aromatic carbocycles. The van der Waals surface area contributed by atoms with Crippen LogP contribution >= 0.6 is 11.3 Å². The van der Waals surface area contributed by atoms with Crippen molar-refractivity contribution >= 4 is 34.5 Å². The fourth-order valence-electron chi connectivity index (χ4n) is 2.82. The van der Waals surface area contributed by atoms with Gasteiger partial charge in [-0.15, -0.1) is 11.3 Å². The average Bonchev–Trinajstić information content (AvgIpc) is 3.22. The highest BCUT2D eigenvalue weighted by Gasteiger charge is 2.15. The van der Waals surface area contributed by atoms with Crippen molar-refractivity contribution in [1.29, 1.82) is 0 Å². The van der Waals surface area contributed by atoms with Crippen LogP contribution in [0.1, 0.15) is 22.2 Å². The average molecular weight is 412 g/mol. The van der Waals surface area contributed by atoms with E-state index in [0.717, 1.165) is 6.54 Å². The topological polar surface area (TPSA) is 61.4 Å². The Kier molecular flexibility index (Phi) is 7.10. The number of halogens is 1. The number of nitrogens with zero attached hydrogens (tertiary/aromatic N) is 1. The molecule has 7 heteroatoms. The van der Waals surface area contributed by atoms with Gasteiger partial charge in [0.1, 0.15) is 5.82 Å². The molecular weight excluding hydrogens is 389 g/mol. The Bertz CT molecular complexity index is 958. The predicted molar refractivity (Wildman–Crippen MR) is 115 cm³/mol. The highest BCUT2D eigenvalue weighted by Crippen LogP contribution is 2.18. The second kappa shape index (κ2) is 9.95. The fourth-order valence-corrected chi connectivity index (χ4v) is 3.56. The number of rotatable bonds is 8. The Morgan fingerprint density at radius 3 is 2.45 bits per heavy atom. The van der Waals surface area contributed by atoms with Crippen LogP contribution in [0.2, 0.25) is 0 Å². The maximum Gasteiger partial charge on any atom is 0.257 e. The molecule has 0 saturated heterocycles. The highest BCUT2D eigenvalue weighted by atomic mass is 32.1. The molecule has 2 N–H and O–H groups in total. The first-order valence-corrected chi connectivity index (χ1v) is 10.1. The van der Waals surface area contributed by atoms with E-state index in [9.17, 15) is 14.0 Å². The van der Waals surface area contributed by atoms with Crippen LogP contribution in [-0.4, -0.2) is 29.8 Å². The van der Waals surface area contributed by atoms with Crippen molar-refractivity contribution in [2.75, 3.05) is 23.7 Å². The van der Waals surface area contributed by atoms with Gasteiger partial charge in [-0.05, 0) is 54.4 Å². The first kappa shape index (κ1) is 20.7. The third-order valence-electron chi connectivity index (χ3n) is 4.32. The molecule has 1 heterocycles. The number of amides is 2. The zero-order valence-corrected chi connectivity index (χ0v) is 16.8. The van der Waals surface area contributed by atoms with Crippen molar-refractivity contribution in [1.82, 2.24) is 4.90 Å². The summed E-state index contributed by atoms with van der Waals surface area (Å²) in [6.07, 6.45) is 0. The van der Waals surface area contributed by atoms with Gasteiger partial charge in [-0.1, -0.05) is 25.1 Å². The van der Waals surface area contributed by atoms with Gasteiger partial charge in [0.25, 0.3) is 5.91 Å². The second-order valence-corrected chi connectivity index (χ2v) is 7.47. The molecule has 3 aromatic rings. The minimum atomic E-state index is -0.376. The summed E-state index contributed by atoms with van der Waals surface area (Å²) < 4.78 is 13.0. The molecule has 0 unspecified atom stereocenters. The molecule has 0 saturated carbocycles. The van der Waals surface area contributed by atoms with E-state index < -0.39 is 0 Å². The molecule has 150 valence electrons. The summed E-state index contributed by atoms with van der Waals surface area (Å²) in [6, 6.07) is 16.4. The zero-order chi connectivity index (χ0) is 20.6. The number of carbonyl (C=O) groups excluding carboxylic acids is 2. The lowest BCUT2D eigenvalue weighted by molar-refractivity contribution is -0.117. The summed E-state index contributed by atoms with van der Waals surface area (Å²) in [5.41, 5.74) is 1.25. The van der Waals surface area contributed by atoms with Crippen LogP contribution in [0.4, 0.5) is 15.8 Å². The fraction of sp³-hybridized carbons (Fsp3) is 0.182. The summed E-state index contributed by atoms with van der Waals surface area (Å²) in [5, 5.41) is 7.56. The summed E-state index contributed by atoms with van der Waals surface area (Å²) in [6.45, 7) is 3.67. The Balaban J connectivity index is 1.65. The molecule has 3 rings (SSSR count). The largest absolute Gasteiger partial charge is 0.324 e. The number of benzene rings is 2. The van der Waals surface area contributed by atoms with Crippen molar-refractivity contribution in [2.24, 2.45) is 0 Å².